The van der Waals surface area contributed by atoms with Crippen molar-refractivity contribution in [3.05, 3.63) is 59.9 Å². The van der Waals surface area contributed by atoms with Gasteiger partial charge in [0.25, 0.3) is 0 Å². The van der Waals surface area contributed by atoms with E-state index in [1.54, 1.807) is 0 Å². The van der Waals surface area contributed by atoms with Crippen molar-refractivity contribution in [2.45, 2.75) is 26.7 Å². The van der Waals surface area contributed by atoms with Gasteiger partial charge in [-0.3, -0.25) is 4.40 Å². The highest BCUT2D eigenvalue weighted by atomic mass is 15.2. The first-order valence-corrected chi connectivity index (χ1v) is 7.10. The molecule has 0 radical (unpaired) electrons. The van der Waals surface area contributed by atoms with E-state index in [0.717, 1.165) is 22.8 Å². The molecule has 0 fully saturated rings. The molecule has 106 valence electrons. The summed E-state index contributed by atoms with van der Waals surface area (Å²) in [5, 5.41) is 8.77. The van der Waals surface area contributed by atoms with Gasteiger partial charge in [-0.2, -0.15) is 0 Å². The zero-order chi connectivity index (χ0) is 14.8. The van der Waals surface area contributed by atoms with Gasteiger partial charge in [-0.15, -0.1) is 10.2 Å². The van der Waals surface area contributed by atoms with Crippen LogP contribution in [0.2, 0.25) is 0 Å². The maximum Gasteiger partial charge on any atom is 0.183 e. The molecule has 3 aromatic rings. The highest BCUT2D eigenvalue weighted by Crippen LogP contribution is 2.29. The molecular weight excluding hydrogens is 260 g/mol. The predicted molar refractivity (Wildman–Crippen MR) is 84.6 cm³/mol. The first kappa shape index (κ1) is 13.5. The van der Waals surface area contributed by atoms with Gasteiger partial charge in [0, 0.05) is 6.20 Å². The third-order valence-corrected chi connectivity index (χ3v) is 3.35. The number of pyridine rings is 1. The summed E-state index contributed by atoms with van der Waals surface area (Å²) in [5.41, 5.74) is 3.92. The van der Waals surface area contributed by atoms with E-state index in [1.165, 1.54) is 5.56 Å². The zero-order valence-corrected chi connectivity index (χ0v) is 12.5. The van der Waals surface area contributed by atoms with Gasteiger partial charge < -0.3 is 0 Å². The van der Waals surface area contributed by atoms with E-state index in [-0.39, 0.29) is 0 Å². The lowest BCUT2D eigenvalue weighted by atomic mass is 10.1. The van der Waals surface area contributed by atoms with Gasteiger partial charge in [0.15, 0.2) is 5.82 Å². The van der Waals surface area contributed by atoms with Crippen molar-refractivity contribution in [1.29, 1.82) is 0 Å². The predicted octanol–water partition coefficient (Wildman–Crippen LogP) is 5.18. The van der Waals surface area contributed by atoms with Gasteiger partial charge in [0.2, 0.25) is 0 Å². The van der Waals surface area contributed by atoms with E-state index in [1.807, 2.05) is 40.9 Å². The molecular formula is C17H18N4. The van der Waals surface area contributed by atoms with Crippen LogP contribution < -0.4 is 0 Å². The van der Waals surface area contributed by atoms with E-state index in [4.69, 9.17) is 4.98 Å². The number of rotatable bonds is 3. The summed E-state index contributed by atoms with van der Waals surface area (Å²) < 4.78 is 1.99. The molecule has 0 bridgehead atoms. The van der Waals surface area contributed by atoms with E-state index in [0.29, 0.717) is 5.92 Å². The Morgan fingerprint density at radius 3 is 2.52 bits per heavy atom. The van der Waals surface area contributed by atoms with Gasteiger partial charge in [0.05, 0.1) is 11.4 Å². The number of aryl methyl sites for hydroxylation is 1. The molecule has 0 atom stereocenters. The van der Waals surface area contributed by atoms with Crippen LogP contribution in [0.25, 0.3) is 5.65 Å². The summed E-state index contributed by atoms with van der Waals surface area (Å²) in [5.74, 6) is 1.11. The van der Waals surface area contributed by atoms with Crippen molar-refractivity contribution in [2.24, 2.45) is 10.2 Å². The summed E-state index contributed by atoms with van der Waals surface area (Å²) >= 11 is 0. The Balaban J connectivity index is 2.11. The smallest absolute Gasteiger partial charge is 0.183 e. The molecule has 0 saturated heterocycles. The molecule has 0 aliphatic heterocycles. The third kappa shape index (κ3) is 2.70. The monoisotopic (exact) mass is 278 g/mol. The fraction of sp³-hybridized carbons (Fsp3) is 0.235. The minimum absolute atomic E-state index is 0.301. The normalized spacial score (nSPS) is 11.8. The first-order valence-electron chi connectivity index (χ1n) is 7.10. The molecule has 0 aliphatic carbocycles. The Labute approximate surface area is 124 Å². The van der Waals surface area contributed by atoms with E-state index in [2.05, 4.69) is 43.1 Å². The molecule has 0 N–H and O–H groups in total. The standard InChI is InChI=1S/C17H18N4/c1-12(2)16-17(20-19-14-7-5-4-6-8-14)21-10-9-13(3)11-15(21)18-16/h4-12H,1-3H3. The molecule has 2 heterocycles. The Bertz CT molecular complexity index is 785. The summed E-state index contributed by atoms with van der Waals surface area (Å²) in [6, 6.07) is 13.9. The van der Waals surface area contributed by atoms with Crippen LogP contribution in [-0.2, 0) is 0 Å². The number of hydrogen-bond acceptors (Lipinski definition) is 3. The van der Waals surface area contributed by atoms with Crippen molar-refractivity contribution < 1.29 is 0 Å². The van der Waals surface area contributed by atoms with Gasteiger partial charge in [0.1, 0.15) is 5.65 Å². The van der Waals surface area contributed by atoms with Crippen LogP contribution >= 0.6 is 0 Å². The Kier molecular flexibility index (Phi) is 3.52. The summed E-state index contributed by atoms with van der Waals surface area (Å²) in [7, 11) is 0. The maximum atomic E-state index is 4.69. The molecule has 3 rings (SSSR count). The molecule has 21 heavy (non-hydrogen) atoms. The zero-order valence-electron chi connectivity index (χ0n) is 12.5. The molecule has 4 nitrogen and oxygen atoms in total. The van der Waals surface area contributed by atoms with E-state index >= 15 is 0 Å². The quantitative estimate of drug-likeness (QED) is 0.608. The molecule has 0 unspecified atom stereocenters. The van der Waals surface area contributed by atoms with Crippen molar-refractivity contribution in [2.75, 3.05) is 0 Å². The number of hydrogen-bond donors (Lipinski definition) is 0. The molecule has 0 amide bonds. The fourth-order valence-electron chi connectivity index (χ4n) is 2.24. The number of aromatic nitrogens is 2. The van der Waals surface area contributed by atoms with E-state index < -0.39 is 0 Å². The maximum absolute atomic E-state index is 4.69. The molecule has 2 aromatic heterocycles. The largest absolute Gasteiger partial charge is 0.283 e. The lowest BCUT2D eigenvalue weighted by Crippen LogP contribution is -1.87. The molecule has 1 aromatic carbocycles. The third-order valence-electron chi connectivity index (χ3n) is 3.35. The highest BCUT2D eigenvalue weighted by molar-refractivity contribution is 5.54. The number of fused-ring (bicyclic) bond motifs is 1. The summed E-state index contributed by atoms with van der Waals surface area (Å²) in [6.07, 6.45) is 2.00. The highest BCUT2D eigenvalue weighted by Gasteiger charge is 2.14. The average Bonchev–Trinajstić information content (AvgIpc) is 2.84. The molecule has 0 spiro atoms. The van der Waals surface area contributed by atoms with Gasteiger partial charge >= 0.3 is 0 Å². The van der Waals surface area contributed by atoms with Crippen molar-refractivity contribution in [3.8, 4) is 0 Å². The van der Waals surface area contributed by atoms with Crippen LogP contribution in [0.4, 0.5) is 11.5 Å². The topological polar surface area (TPSA) is 42.0 Å². The van der Waals surface area contributed by atoms with Crippen LogP contribution in [-0.4, -0.2) is 9.38 Å². The second-order valence-corrected chi connectivity index (χ2v) is 5.44. The SMILES string of the molecule is Cc1ccn2c(N=Nc3ccccc3)c(C(C)C)nc2c1. The minimum Gasteiger partial charge on any atom is -0.283 e. The van der Waals surface area contributed by atoms with Crippen molar-refractivity contribution in [1.82, 2.24) is 9.38 Å². The number of imidazole rings is 1. The Morgan fingerprint density at radius 2 is 1.81 bits per heavy atom. The van der Waals surface area contributed by atoms with Gasteiger partial charge in [-0.25, -0.2) is 4.98 Å². The number of nitrogens with zero attached hydrogens (tertiary/aromatic N) is 4. The number of azo groups is 1. The average molecular weight is 278 g/mol. The van der Waals surface area contributed by atoms with Crippen LogP contribution in [0, 0.1) is 6.92 Å². The van der Waals surface area contributed by atoms with Crippen LogP contribution in [0.1, 0.15) is 31.0 Å². The van der Waals surface area contributed by atoms with Crippen LogP contribution in [0.3, 0.4) is 0 Å². The van der Waals surface area contributed by atoms with Gasteiger partial charge in [-0.05, 0) is 42.7 Å². The van der Waals surface area contributed by atoms with Gasteiger partial charge in [-0.1, -0.05) is 32.0 Å². The Hall–Kier alpha value is -2.49. The molecule has 0 saturated carbocycles. The van der Waals surface area contributed by atoms with E-state index in [9.17, 15) is 0 Å². The van der Waals surface area contributed by atoms with Crippen LogP contribution in [0.15, 0.2) is 58.9 Å². The second-order valence-electron chi connectivity index (χ2n) is 5.44. The second kappa shape index (κ2) is 5.48. The minimum atomic E-state index is 0.301. The molecule has 4 heteroatoms. The molecule has 0 aliphatic rings. The fourth-order valence-corrected chi connectivity index (χ4v) is 2.24. The first-order chi connectivity index (χ1) is 10.1. The Morgan fingerprint density at radius 1 is 1.05 bits per heavy atom. The summed E-state index contributed by atoms with van der Waals surface area (Å²) in [4.78, 5) is 4.69. The van der Waals surface area contributed by atoms with Crippen LogP contribution in [0.5, 0.6) is 0 Å². The lowest BCUT2D eigenvalue weighted by molar-refractivity contribution is 0.831. The van der Waals surface area contributed by atoms with Crippen molar-refractivity contribution in [3.63, 3.8) is 0 Å². The van der Waals surface area contributed by atoms with Crippen molar-refractivity contribution >= 4 is 17.2 Å². The number of benzene rings is 1. The summed E-state index contributed by atoms with van der Waals surface area (Å²) in [6.45, 7) is 6.31. The lowest BCUT2D eigenvalue weighted by Gasteiger charge is -2.01.